The van der Waals surface area contributed by atoms with Gasteiger partial charge < -0.3 is 10.1 Å². The van der Waals surface area contributed by atoms with E-state index in [1.807, 2.05) is 0 Å². The third kappa shape index (κ3) is 3.92. The molecule has 108 valence electrons. The summed E-state index contributed by atoms with van der Waals surface area (Å²) in [5.74, 6) is -1.18. The van der Waals surface area contributed by atoms with Crippen molar-refractivity contribution in [3.8, 4) is 0 Å². The average molecular weight is 301 g/mol. The molecule has 0 fully saturated rings. The second-order valence-corrected chi connectivity index (χ2v) is 4.40. The second kappa shape index (κ2) is 6.85. The molecule has 0 aliphatic rings. The number of esters is 1. The van der Waals surface area contributed by atoms with Crippen molar-refractivity contribution in [2.75, 3.05) is 7.11 Å². The van der Waals surface area contributed by atoms with Gasteiger partial charge in [0.1, 0.15) is 11.4 Å². The number of hydrogen-bond donors (Lipinski definition) is 1. The topological polar surface area (TPSA) is 98.5 Å². The summed E-state index contributed by atoms with van der Waals surface area (Å²) >= 11 is 5.95. The molecule has 0 aliphatic carbocycles. The number of ether oxygens (including phenoxy) is 1. The number of nitrogens with zero attached hydrogens (tertiary/aromatic N) is 1. The van der Waals surface area contributed by atoms with Crippen LogP contribution in [0.15, 0.2) is 24.3 Å². The molecule has 0 unspecified atom stereocenters. The Morgan fingerprint density at radius 3 is 2.35 bits per heavy atom. The van der Waals surface area contributed by atoms with Crippen LogP contribution in [0.1, 0.15) is 17.9 Å². The van der Waals surface area contributed by atoms with Gasteiger partial charge in [-0.3, -0.25) is 14.9 Å². The number of benzene rings is 1. The Hall–Kier alpha value is -2.15. The van der Waals surface area contributed by atoms with E-state index in [1.165, 1.54) is 38.3 Å². The largest absolute Gasteiger partial charge is 0.467 e. The highest BCUT2D eigenvalue weighted by Gasteiger charge is 2.23. The molecular formula is C12H13ClN2O5. The number of nitro groups is 1. The number of halogens is 1. The number of carbonyl (C=O) groups is 2. The average Bonchev–Trinajstić information content (AvgIpc) is 2.45. The second-order valence-electron chi connectivity index (χ2n) is 3.96. The predicted molar refractivity (Wildman–Crippen MR) is 71.3 cm³/mol. The van der Waals surface area contributed by atoms with Crippen LogP contribution in [0.3, 0.4) is 0 Å². The number of methoxy groups -OCH3 is 1. The molecular weight excluding hydrogens is 288 g/mol. The maximum absolute atomic E-state index is 11.8. The molecule has 2 atom stereocenters. The Balaban J connectivity index is 2.74. The van der Waals surface area contributed by atoms with Gasteiger partial charge in [-0.1, -0.05) is 12.1 Å². The lowest BCUT2D eigenvalue weighted by Crippen LogP contribution is -2.40. The van der Waals surface area contributed by atoms with Crippen LogP contribution >= 0.6 is 11.6 Å². The van der Waals surface area contributed by atoms with Crippen molar-refractivity contribution in [2.45, 2.75) is 18.3 Å². The van der Waals surface area contributed by atoms with Crippen LogP contribution in [-0.4, -0.2) is 30.0 Å². The van der Waals surface area contributed by atoms with Gasteiger partial charge in [0.25, 0.3) is 5.69 Å². The van der Waals surface area contributed by atoms with Gasteiger partial charge in [0.05, 0.1) is 12.0 Å². The SMILES string of the molecule is COC(=O)[C@H](C)NC(=O)[C@H](Cl)c1ccc([N+](=O)[O-])cc1. The summed E-state index contributed by atoms with van der Waals surface area (Å²) in [5, 5.41) is 11.8. The number of nitro benzene ring substituents is 1. The molecule has 0 aliphatic heterocycles. The first-order valence-corrected chi connectivity index (χ1v) is 6.07. The summed E-state index contributed by atoms with van der Waals surface area (Å²) in [4.78, 5) is 32.9. The minimum Gasteiger partial charge on any atom is -0.467 e. The molecule has 0 radical (unpaired) electrons. The van der Waals surface area contributed by atoms with Crippen molar-refractivity contribution in [3.63, 3.8) is 0 Å². The Morgan fingerprint density at radius 2 is 1.90 bits per heavy atom. The van der Waals surface area contributed by atoms with Gasteiger partial charge in [0.15, 0.2) is 0 Å². The number of alkyl halides is 1. The van der Waals surface area contributed by atoms with Crippen molar-refractivity contribution >= 4 is 29.2 Å². The fraction of sp³-hybridized carbons (Fsp3) is 0.333. The molecule has 0 bridgehead atoms. The van der Waals surface area contributed by atoms with E-state index < -0.39 is 28.2 Å². The van der Waals surface area contributed by atoms with Crippen molar-refractivity contribution in [2.24, 2.45) is 0 Å². The highest BCUT2D eigenvalue weighted by Crippen LogP contribution is 2.23. The molecule has 0 aromatic heterocycles. The summed E-state index contributed by atoms with van der Waals surface area (Å²) in [6.07, 6.45) is 0. The maximum Gasteiger partial charge on any atom is 0.328 e. The van der Waals surface area contributed by atoms with Crippen LogP contribution < -0.4 is 5.32 Å². The van der Waals surface area contributed by atoms with Crippen LogP contribution in [-0.2, 0) is 14.3 Å². The third-order valence-electron chi connectivity index (χ3n) is 2.54. The zero-order chi connectivity index (χ0) is 15.3. The van der Waals surface area contributed by atoms with Gasteiger partial charge in [-0.25, -0.2) is 4.79 Å². The zero-order valence-electron chi connectivity index (χ0n) is 10.8. The van der Waals surface area contributed by atoms with Crippen molar-refractivity contribution in [1.29, 1.82) is 0 Å². The molecule has 20 heavy (non-hydrogen) atoms. The van der Waals surface area contributed by atoms with Crippen LogP contribution in [0.5, 0.6) is 0 Å². The molecule has 1 amide bonds. The van der Waals surface area contributed by atoms with Gasteiger partial charge in [0.2, 0.25) is 5.91 Å². The zero-order valence-corrected chi connectivity index (χ0v) is 11.6. The summed E-state index contributed by atoms with van der Waals surface area (Å²) in [6.45, 7) is 1.46. The number of carbonyl (C=O) groups excluding carboxylic acids is 2. The number of nitrogens with one attached hydrogen (secondary N) is 1. The summed E-state index contributed by atoms with van der Waals surface area (Å²) in [6, 6.07) is 4.45. The molecule has 0 saturated carbocycles. The van der Waals surface area contributed by atoms with Gasteiger partial charge in [-0.15, -0.1) is 11.6 Å². The summed E-state index contributed by atoms with van der Waals surface area (Å²) in [5.41, 5.74) is 0.299. The van der Waals surface area contributed by atoms with E-state index in [-0.39, 0.29) is 5.69 Å². The van der Waals surface area contributed by atoms with E-state index in [1.54, 1.807) is 0 Å². The van der Waals surface area contributed by atoms with Crippen LogP contribution in [0.4, 0.5) is 5.69 Å². The molecule has 8 heteroatoms. The van der Waals surface area contributed by atoms with Crippen LogP contribution in [0.2, 0.25) is 0 Å². The van der Waals surface area contributed by atoms with E-state index in [4.69, 9.17) is 11.6 Å². The number of non-ortho nitro benzene ring substituents is 1. The standard InChI is InChI=1S/C12H13ClN2O5/c1-7(12(17)20-2)14-11(16)10(13)8-3-5-9(6-4-8)15(18)19/h3-7,10H,1-2H3,(H,14,16)/t7-,10+/m0/s1. The Labute approximate surface area is 120 Å². The quantitative estimate of drug-likeness (QED) is 0.385. The van der Waals surface area contributed by atoms with E-state index in [9.17, 15) is 19.7 Å². The molecule has 0 saturated heterocycles. The fourth-order valence-corrected chi connectivity index (χ4v) is 1.65. The van der Waals surface area contributed by atoms with Crippen molar-refractivity contribution in [3.05, 3.63) is 39.9 Å². The lowest BCUT2D eigenvalue weighted by atomic mass is 10.1. The molecule has 0 heterocycles. The van der Waals surface area contributed by atoms with Gasteiger partial charge in [-0.05, 0) is 12.5 Å². The Bertz CT molecular complexity index is 517. The van der Waals surface area contributed by atoms with E-state index in [0.29, 0.717) is 5.56 Å². The van der Waals surface area contributed by atoms with Gasteiger partial charge in [-0.2, -0.15) is 0 Å². The van der Waals surface area contributed by atoms with E-state index >= 15 is 0 Å². The van der Waals surface area contributed by atoms with Gasteiger partial charge >= 0.3 is 5.97 Å². The number of amides is 1. The van der Waals surface area contributed by atoms with E-state index in [0.717, 1.165) is 0 Å². The molecule has 0 spiro atoms. The number of rotatable bonds is 5. The predicted octanol–water partition coefficient (Wildman–Crippen LogP) is 1.55. The van der Waals surface area contributed by atoms with Gasteiger partial charge in [0, 0.05) is 12.1 Å². The fourth-order valence-electron chi connectivity index (χ4n) is 1.44. The molecule has 7 nitrogen and oxygen atoms in total. The Morgan fingerprint density at radius 1 is 1.35 bits per heavy atom. The maximum atomic E-state index is 11.8. The van der Waals surface area contributed by atoms with E-state index in [2.05, 4.69) is 10.1 Å². The molecule has 1 rings (SSSR count). The normalized spacial score (nSPS) is 13.2. The highest BCUT2D eigenvalue weighted by molar-refractivity contribution is 6.30. The van der Waals surface area contributed by atoms with Crippen molar-refractivity contribution in [1.82, 2.24) is 5.32 Å². The monoisotopic (exact) mass is 300 g/mol. The first kappa shape index (κ1) is 15.9. The molecule has 1 aromatic rings. The first-order valence-electron chi connectivity index (χ1n) is 5.63. The summed E-state index contributed by atoms with van der Waals surface area (Å²) < 4.78 is 4.47. The highest BCUT2D eigenvalue weighted by atomic mass is 35.5. The van der Waals surface area contributed by atoms with Crippen LogP contribution in [0.25, 0.3) is 0 Å². The molecule has 1 aromatic carbocycles. The minimum atomic E-state index is -1.05. The Kier molecular flexibility index (Phi) is 5.45. The van der Waals surface area contributed by atoms with Crippen molar-refractivity contribution < 1.29 is 19.2 Å². The number of hydrogen-bond acceptors (Lipinski definition) is 5. The minimum absolute atomic E-state index is 0.0963. The lowest BCUT2D eigenvalue weighted by molar-refractivity contribution is -0.384. The lowest BCUT2D eigenvalue weighted by Gasteiger charge is -2.14. The van der Waals surface area contributed by atoms with Crippen LogP contribution in [0, 0.1) is 10.1 Å². The first-order chi connectivity index (χ1) is 9.36. The smallest absolute Gasteiger partial charge is 0.328 e. The third-order valence-corrected chi connectivity index (χ3v) is 2.99. The summed E-state index contributed by atoms with van der Waals surface area (Å²) in [7, 11) is 1.21. The molecule has 1 N–H and O–H groups in total.